The molecule has 1 aliphatic rings. The maximum atomic E-state index is 4.09. The van der Waals surface area contributed by atoms with Crippen molar-refractivity contribution in [3.63, 3.8) is 0 Å². The molecule has 82 valence electrons. The molecule has 3 heteroatoms. The van der Waals surface area contributed by atoms with Gasteiger partial charge in [0.05, 0.1) is 18.2 Å². The van der Waals surface area contributed by atoms with Crippen LogP contribution in [-0.4, -0.2) is 23.1 Å². The largest absolute Gasteiger partial charge is 0.371 e. The van der Waals surface area contributed by atoms with Crippen molar-refractivity contribution in [1.29, 1.82) is 0 Å². The second-order valence-corrected chi connectivity index (χ2v) is 4.18. The van der Waals surface area contributed by atoms with Gasteiger partial charge >= 0.3 is 0 Å². The predicted octanol–water partition coefficient (Wildman–Crippen LogP) is 2.68. The zero-order valence-corrected chi connectivity index (χ0v) is 9.19. The Bertz CT molecular complexity index is 456. The molecule has 1 aromatic carbocycles. The number of imidazole rings is 1. The fraction of sp³-hybridized carbons (Fsp3) is 0.308. The Morgan fingerprint density at radius 1 is 1.12 bits per heavy atom. The molecule has 0 radical (unpaired) electrons. The van der Waals surface area contributed by atoms with E-state index < -0.39 is 0 Å². The van der Waals surface area contributed by atoms with Crippen LogP contribution in [0.2, 0.25) is 0 Å². The number of H-pyrrole nitrogens is 1. The molecule has 0 bridgehead atoms. The Morgan fingerprint density at radius 2 is 1.94 bits per heavy atom. The van der Waals surface area contributed by atoms with Crippen molar-refractivity contribution >= 4 is 5.69 Å². The van der Waals surface area contributed by atoms with E-state index in [1.165, 1.54) is 37.2 Å². The molecule has 0 unspecified atom stereocenters. The molecule has 0 aliphatic carbocycles. The molecule has 0 saturated carbocycles. The molecular weight excluding hydrogens is 198 g/mol. The minimum atomic E-state index is 1.10. The summed E-state index contributed by atoms with van der Waals surface area (Å²) in [6.45, 7) is 2.34. The fourth-order valence-corrected chi connectivity index (χ4v) is 2.34. The highest BCUT2D eigenvalue weighted by molar-refractivity contribution is 5.76. The molecule has 0 amide bonds. The van der Waals surface area contributed by atoms with Crippen molar-refractivity contribution < 1.29 is 0 Å². The third-order valence-corrected chi connectivity index (χ3v) is 3.14. The number of hydrogen-bond acceptors (Lipinski definition) is 2. The van der Waals surface area contributed by atoms with Crippen molar-refractivity contribution in [2.24, 2.45) is 0 Å². The summed E-state index contributed by atoms with van der Waals surface area (Å²) in [5.74, 6) is 0. The van der Waals surface area contributed by atoms with Crippen LogP contribution in [0.4, 0.5) is 5.69 Å². The zero-order valence-electron chi connectivity index (χ0n) is 9.19. The number of aromatic amines is 1. The molecule has 3 nitrogen and oxygen atoms in total. The van der Waals surface area contributed by atoms with Gasteiger partial charge in [-0.1, -0.05) is 18.2 Å². The van der Waals surface area contributed by atoms with Crippen LogP contribution in [0, 0.1) is 0 Å². The number of hydrogen-bond donors (Lipinski definition) is 1. The van der Waals surface area contributed by atoms with E-state index in [0.29, 0.717) is 0 Å². The monoisotopic (exact) mass is 213 g/mol. The van der Waals surface area contributed by atoms with E-state index in [4.69, 9.17) is 0 Å². The van der Waals surface area contributed by atoms with Crippen molar-refractivity contribution in [3.05, 3.63) is 36.8 Å². The second kappa shape index (κ2) is 4.00. The number of aromatic nitrogens is 2. The molecule has 16 heavy (non-hydrogen) atoms. The molecule has 1 fully saturated rings. The van der Waals surface area contributed by atoms with E-state index in [0.717, 1.165) is 5.69 Å². The van der Waals surface area contributed by atoms with Gasteiger partial charge in [-0.2, -0.15) is 0 Å². The first-order valence-electron chi connectivity index (χ1n) is 5.78. The lowest BCUT2D eigenvalue weighted by molar-refractivity contribution is 0.949. The van der Waals surface area contributed by atoms with Crippen LogP contribution in [0.5, 0.6) is 0 Å². The second-order valence-electron chi connectivity index (χ2n) is 4.18. The summed E-state index contributed by atoms with van der Waals surface area (Å²) in [5.41, 5.74) is 3.67. The van der Waals surface area contributed by atoms with Crippen LogP contribution < -0.4 is 4.90 Å². The van der Waals surface area contributed by atoms with Crippen molar-refractivity contribution in [1.82, 2.24) is 9.97 Å². The van der Waals surface area contributed by atoms with Crippen LogP contribution in [0.1, 0.15) is 12.8 Å². The van der Waals surface area contributed by atoms with E-state index in [1.54, 1.807) is 6.33 Å². The van der Waals surface area contributed by atoms with Gasteiger partial charge < -0.3 is 9.88 Å². The van der Waals surface area contributed by atoms with Crippen LogP contribution in [0.25, 0.3) is 11.3 Å². The number of rotatable bonds is 2. The molecule has 1 aliphatic heterocycles. The van der Waals surface area contributed by atoms with E-state index in [9.17, 15) is 0 Å². The molecule has 3 rings (SSSR count). The van der Waals surface area contributed by atoms with E-state index in [-0.39, 0.29) is 0 Å². The van der Waals surface area contributed by atoms with Crippen LogP contribution in [-0.2, 0) is 0 Å². The highest BCUT2D eigenvalue weighted by Crippen LogP contribution is 2.31. The standard InChI is InChI=1S/C13H15N3/c1-2-6-13(16-7-3-4-8-16)11(5-1)12-9-14-10-15-12/h1-2,5-6,9-10H,3-4,7-8H2,(H,14,15). The van der Waals surface area contributed by atoms with Crippen LogP contribution in [0.15, 0.2) is 36.8 Å². The lowest BCUT2D eigenvalue weighted by Crippen LogP contribution is -2.18. The molecule has 0 atom stereocenters. The quantitative estimate of drug-likeness (QED) is 0.831. The number of nitrogens with one attached hydrogen (secondary N) is 1. The SMILES string of the molecule is c1ccc(N2CCCC2)c(-c2cnc[nH]2)c1. The summed E-state index contributed by atoms with van der Waals surface area (Å²) in [5, 5.41) is 0. The maximum absolute atomic E-state index is 4.09. The highest BCUT2D eigenvalue weighted by Gasteiger charge is 2.16. The average Bonchev–Trinajstić information content (AvgIpc) is 3.03. The van der Waals surface area contributed by atoms with Gasteiger partial charge in [0.15, 0.2) is 0 Å². The smallest absolute Gasteiger partial charge is 0.0924 e. The topological polar surface area (TPSA) is 31.9 Å². The van der Waals surface area contributed by atoms with Gasteiger partial charge in [-0.15, -0.1) is 0 Å². The first-order chi connectivity index (χ1) is 7.95. The molecule has 1 saturated heterocycles. The Kier molecular flexibility index (Phi) is 2.37. The first kappa shape index (κ1) is 9.46. The number of anilines is 1. The minimum Gasteiger partial charge on any atom is -0.371 e. The van der Waals surface area contributed by atoms with Crippen molar-refractivity contribution in [3.8, 4) is 11.3 Å². The summed E-state index contributed by atoms with van der Waals surface area (Å²) in [6.07, 6.45) is 6.22. The molecule has 2 heterocycles. The van der Waals surface area contributed by atoms with E-state index in [2.05, 4.69) is 39.1 Å². The molecular formula is C13H15N3. The summed E-state index contributed by atoms with van der Waals surface area (Å²) in [6, 6.07) is 8.53. The van der Waals surface area contributed by atoms with Gasteiger partial charge in [0.2, 0.25) is 0 Å². The third kappa shape index (κ3) is 1.58. The van der Waals surface area contributed by atoms with Gasteiger partial charge in [-0.05, 0) is 18.9 Å². The molecule has 2 aromatic rings. The normalized spacial score (nSPS) is 15.6. The zero-order chi connectivity index (χ0) is 10.8. The average molecular weight is 213 g/mol. The minimum absolute atomic E-state index is 1.10. The molecule has 0 spiro atoms. The van der Waals surface area contributed by atoms with Crippen molar-refractivity contribution in [2.45, 2.75) is 12.8 Å². The van der Waals surface area contributed by atoms with Crippen LogP contribution in [0.3, 0.4) is 0 Å². The fourth-order valence-electron chi connectivity index (χ4n) is 2.34. The summed E-state index contributed by atoms with van der Waals surface area (Å²) in [4.78, 5) is 9.73. The Hall–Kier alpha value is -1.77. The first-order valence-corrected chi connectivity index (χ1v) is 5.78. The highest BCUT2D eigenvalue weighted by atomic mass is 15.1. The maximum Gasteiger partial charge on any atom is 0.0924 e. The van der Waals surface area contributed by atoms with Crippen LogP contribution >= 0.6 is 0 Å². The number of benzene rings is 1. The predicted molar refractivity (Wildman–Crippen MR) is 65.5 cm³/mol. The van der Waals surface area contributed by atoms with E-state index >= 15 is 0 Å². The summed E-state index contributed by atoms with van der Waals surface area (Å²) < 4.78 is 0. The van der Waals surface area contributed by atoms with Crippen molar-refractivity contribution in [2.75, 3.05) is 18.0 Å². The Morgan fingerprint density at radius 3 is 2.69 bits per heavy atom. The van der Waals surface area contributed by atoms with Gasteiger partial charge in [-0.25, -0.2) is 4.98 Å². The van der Waals surface area contributed by atoms with Gasteiger partial charge in [0, 0.05) is 24.3 Å². The number of para-hydroxylation sites is 1. The van der Waals surface area contributed by atoms with Gasteiger partial charge in [0.1, 0.15) is 0 Å². The van der Waals surface area contributed by atoms with Gasteiger partial charge in [-0.3, -0.25) is 0 Å². The van der Waals surface area contributed by atoms with E-state index in [1.807, 2.05) is 6.20 Å². The van der Waals surface area contributed by atoms with Gasteiger partial charge in [0.25, 0.3) is 0 Å². The Balaban J connectivity index is 2.04. The summed E-state index contributed by atoms with van der Waals surface area (Å²) in [7, 11) is 0. The molecule has 1 aromatic heterocycles. The lowest BCUT2D eigenvalue weighted by atomic mass is 10.1. The molecule has 1 N–H and O–H groups in total. The summed E-state index contributed by atoms with van der Waals surface area (Å²) >= 11 is 0. The lowest BCUT2D eigenvalue weighted by Gasteiger charge is -2.20. The third-order valence-electron chi connectivity index (χ3n) is 3.14. The Labute approximate surface area is 95.1 Å². The number of nitrogens with zero attached hydrogens (tertiary/aromatic N) is 2.